The van der Waals surface area contributed by atoms with Crippen molar-refractivity contribution in [1.29, 1.82) is 0 Å². The summed E-state index contributed by atoms with van der Waals surface area (Å²) in [6.07, 6.45) is 1.83. The van der Waals surface area contributed by atoms with Crippen LogP contribution < -0.4 is 5.32 Å². The average molecular weight is 409 g/mol. The van der Waals surface area contributed by atoms with Gasteiger partial charge in [-0.05, 0) is 41.5 Å². The summed E-state index contributed by atoms with van der Waals surface area (Å²) in [4.78, 5) is 32.0. The quantitative estimate of drug-likeness (QED) is 0.713. The summed E-state index contributed by atoms with van der Waals surface area (Å²) < 4.78 is 26.4. The van der Waals surface area contributed by atoms with E-state index in [2.05, 4.69) is 20.0 Å². The lowest BCUT2D eigenvalue weighted by Gasteiger charge is -2.25. The first-order chi connectivity index (χ1) is 13.4. The molecular formula is C19H27N3O7. The number of hydrogen-bond acceptors (Lipinski definition) is 9. The van der Waals surface area contributed by atoms with Gasteiger partial charge < -0.3 is 28.4 Å². The fourth-order valence-corrected chi connectivity index (χ4v) is 2.09. The number of esters is 1. The topological polar surface area (TPSA) is 126 Å². The van der Waals surface area contributed by atoms with Crippen LogP contribution in [0, 0.1) is 0 Å². The minimum Gasteiger partial charge on any atom is -0.464 e. The van der Waals surface area contributed by atoms with Crippen LogP contribution in [0.15, 0.2) is 21.4 Å². The predicted molar refractivity (Wildman–Crippen MR) is 101 cm³/mol. The number of ether oxygens (including phenoxy) is 3. The van der Waals surface area contributed by atoms with Gasteiger partial charge in [-0.25, -0.2) is 19.6 Å². The molecule has 10 heteroatoms. The molecule has 29 heavy (non-hydrogen) atoms. The lowest BCUT2D eigenvalue weighted by Crippen LogP contribution is -2.38. The maximum absolute atomic E-state index is 12.2. The molecule has 1 amide bonds. The molecule has 2 heterocycles. The molecule has 2 aromatic heterocycles. The first-order valence-electron chi connectivity index (χ1n) is 9.01. The third kappa shape index (κ3) is 6.90. The highest BCUT2D eigenvalue weighted by Crippen LogP contribution is 2.23. The fraction of sp³-hybridized carbons (Fsp3) is 0.579. The minimum absolute atomic E-state index is 0.00606. The number of alkyl carbamates (subject to hydrolysis) is 1. The summed E-state index contributed by atoms with van der Waals surface area (Å²) in [5, 5.41) is 2.69. The number of hydrogen-bond donors (Lipinski definition) is 1. The Labute approximate surface area is 168 Å². The highest BCUT2D eigenvalue weighted by Gasteiger charge is 2.27. The standard InChI is InChI=1S/C19H27N3O7/c1-18(2,3)28-10-12(22-17(24)29-19(4,5)6)15-20-11(8-26-15)14-21-13(9-27-14)16(23)25-7/h8-9,12H,10H2,1-7H3,(H,22,24)/t12-/m0/s1. The summed E-state index contributed by atoms with van der Waals surface area (Å²) in [5.74, 6) is -0.382. The van der Waals surface area contributed by atoms with Crippen LogP contribution in [0.3, 0.4) is 0 Å². The van der Waals surface area contributed by atoms with Gasteiger partial charge in [0.15, 0.2) is 11.4 Å². The molecule has 0 unspecified atom stereocenters. The van der Waals surface area contributed by atoms with Gasteiger partial charge in [0.25, 0.3) is 0 Å². The van der Waals surface area contributed by atoms with Crippen molar-refractivity contribution in [2.45, 2.75) is 58.8 Å². The van der Waals surface area contributed by atoms with Gasteiger partial charge in [-0.3, -0.25) is 0 Å². The predicted octanol–water partition coefficient (Wildman–Crippen LogP) is 3.50. The van der Waals surface area contributed by atoms with E-state index < -0.39 is 29.3 Å². The van der Waals surface area contributed by atoms with E-state index in [4.69, 9.17) is 18.3 Å². The van der Waals surface area contributed by atoms with Crippen molar-refractivity contribution in [2.24, 2.45) is 0 Å². The van der Waals surface area contributed by atoms with Gasteiger partial charge in [0.2, 0.25) is 11.8 Å². The van der Waals surface area contributed by atoms with E-state index in [-0.39, 0.29) is 29.8 Å². The van der Waals surface area contributed by atoms with Crippen molar-refractivity contribution in [2.75, 3.05) is 13.7 Å². The average Bonchev–Trinajstić information content (AvgIpc) is 3.24. The van der Waals surface area contributed by atoms with Crippen molar-refractivity contribution in [1.82, 2.24) is 15.3 Å². The van der Waals surface area contributed by atoms with Crippen molar-refractivity contribution >= 4 is 12.1 Å². The second kappa shape index (κ2) is 8.64. The number of amides is 1. The Balaban J connectivity index is 2.20. The van der Waals surface area contributed by atoms with Crippen LogP contribution in [0.5, 0.6) is 0 Å². The highest BCUT2D eigenvalue weighted by molar-refractivity contribution is 5.87. The number of carbonyl (C=O) groups excluding carboxylic acids is 2. The SMILES string of the molecule is COC(=O)c1coc(-c2coc([C@H](COC(C)(C)C)NC(=O)OC(C)(C)C)n2)n1. The third-order valence-corrected chi connectivity index (χ3v) is 3.31. The van der Waals surface area contributed by atoms with E-state index in [1.165, 1.54) is 13.4 Å². The second-order valence-electron chi connectivity index (χ2n) is 8.22. The Kier molecular flexibility index (Phi) is 6.68. The van der Waals surface area contributed by atoms with Crippen molar-refractivity contribution in [3.05, 3.63) is 24.1 Å². The summed E-state index contributed by atoms with van der Waals surface area (Å²) >= 11 is 0. The zero-order valence-electron chi connectivity index (χ0n) is 17.7. The smallest absolute Gasteiger partial charge is 0.408 e. The van der Waals surface area contributed by atoms with Crippen LogP contribution in [0.4, 0.5) is 4.79 Å². The van der Waals surface area contributed by atoms with E-state index in [1.54, 1.807) is 20.8 Å². The molecular weight excluding hydrogens is 382 g/mol. The van der Waals surface area contributed by atoms with Crippen molar-refractivity contribution in [3.8, 4) is 11.6 Å². The Morgan fingerprint density at radius 1 is 1.07 bits per heavy atom. The number of carbonyl (C=O) groups is 2. The number of methoxy groups -OCH3 is 1. The third-order valence-electron chi connectivity index (χ3n) is 3.31. The number of aromatic nitrogens is 2. The van der Waals surface area contributed by atoms with Crippen LogP contribution in [0.2, 0.25) is 0 Å². The Morgan fingerprint density at radius 2 is 1.76 bits per heavy atom. The van der Waals surface area contributed by atoms with E-state index in [1.807, 2.05) is 20.8 Å². The van der Waals surface area contributed by atoms with E-state index in [0.717, 1.165) is 6.26 Å². The molecule has 0 bridgehead atoms. The lowest BCUT2D eigenvalue weighted by atomic mass is 10.2. The number of nitrogens with zero attached hydrogens (tertiary/aromatic N) is 2. The lowest BCUT2D eigenvalue weighted by molar-refractivity contribution is -0.0207. The molecule has 0 aliphatic heterocycles. The summed E-state index contributed by atoms with van der Waals surface area (Å²) in [6, 6.07) is -0.715. The maximum Gasteiger partial charge on any atom is 0.408 e. The number of oxazole rings is 2. The molecule has 0 aliphatic rings. The summed E-state index contributed by atoms with van der Waals surface area (Å²) in [6.45, 7) is 11.1. The van der Waals surface area contributed by atoms with E-state index in [0.29, 0.717) is 0 Å². The normalized spacial score (nSPS) is 13.1. The van der Waals surface area contributed by atoms with E-state index >= 15 is 0 Å². The molecule has 10 nitrogen and oxygen atoms in total. The first-order valence-corrected chi connectivity index (χ1v) is 9.01. The molecule has 0 aromatic carbocycles. The monoisotopic (exact) mass is 409 g/mol. The van der Waals surface area contributed by atoms with Crippen LogP contribution in [0.25, 0.3) is 11.6 Å². The van der Waals surface area contributed by atoms with Crippen molar-refractivity contribution < 1.29 is 32.6 Å². The molecule has 160 valence electrons. The molecule has 1 N–H and O–H groups in total. The van der Waals surface area contributed by atoms with Gasteiger partial charge in [0.05, 0.1) is 19.3 Å². The molecule has 0 saturated heterocycles. The first kappa shape index (κ1) is 22.4. The molecule has 0 fully saturated rings. The van der Waals surface area contributed by atoms with Crippen LogP contribution in [-0.4, -0.2) is 46.9 Å². The zero-order chi connectivity index (χ0) is 21.8. The maximum atomic E-state index is 12.2. The van der Waals surface area contributed by atoms with Gasteiger partial charge >= 0.3 is 12.1 Å². The molecule has 1 atom stereocenters. The minimum atomic E-state index is -0.715. The van der Waals surface area contributed by atoms with Gasteiger partial charge in [-0.15, -0.1) is 0 Å². The Morgan fingerprint density at radius 3 is 2.34 bits per heavy atom. The van der Waals surface area contributed by atoms with Gasteiger partial charge in [0, 0.05) is 0 Å². The second-order valence-corrected chi connectivity index (χ2v) is 8.22. The van der Waals surface area contributed by atoms with Crippen LogP contribution in [0.1, 0.15) is 64.0 Å². The van der Waals surface area contributed by atoms with Gasteiger partial charge in [0.1, 0.15) is 24.2 Å². The zero-order valence-corrected chi connectivity index (χ0v) is 17.7. The molecule has 0 radical (unpaired) electrons. The largest absolute Gasteiger partial charge is 0.464 e. The molecule has 2 rings (SSSR count). The molecule has 0 aliphatic carbocycles. The highest BCUT2D eigenvalue weighted by atomic mass is 16.6. The Hall–Kier alpha value is -2.88. The van der Waals surface area contributed by atoms with Crippen LogP contribution >= 0.6 is 0 Å². The summed E-state index contributed by atoms with van der Waals surface area (Å²) in [7, 11) is 1.24. The van der Waals surface area contributed by atoms with E-state index in [9.17, 15) is 9.59 Å². The van der Waals surface area contributed by atoms with Crippen molar-refractivity contribution in [3.63, 3.8) is 0 Å². The molecule has 0 spiro atoms. The van der Waals surface area contributed by atoms with Gasteiger partial charge in [-0.2, -0.15) is 0 Å². The molecule has 0 saturated carbocycles. The summed E-state index contributed by atoms with van der Waals surface area (Å²) in [5.41, 5.74) is -0.848. The fourth-order valence-electron chi connectivity index (χ4n) is 2.09. The molecule has 2 aromatic rings. The Bertz CT molecular complexity index is 843. The number of nitrogens with one attached hydrogen (secondary N) is 1. The number of rotatable bonds is 6. The van der Waals surface area contributed by atoms with Crippen LogP contribution in [-0.2, 0) is 14.2 Å². The van der Waals surface area contributed by atoms with Gasteiger partial charge in [-0.1, -0.05) is 0 Å².